The molecule has 1 amide bonds. The van der Waals surface area contributed by atoms with Crippen molar-refractivity contribution < 1.29 is 27.2 Å². The molecule has 152 valence electrons. The van der Waals surface area contributed by atoms with Crippen molar-refractivity contribution in [1.82, 2.24) is 20.0 Å². The van der Waals surface area contributed by atoms with Gasteiger partial charge in [0.25, 0.3) is 0 Å². The van der Waals surface area contributed by atoms with Crippen LogP contribution in [0.4, 0.5) is 13.2 Å². The van der Waals surface area contributed by atoms with Crippen molar-refractivity contribution >= 4 is 5.91 Å². The Morgan fingerprint density at radius 1 is 1.17 bits per heavy atom. The SMILES string of the molecule is CN(Cc1ccccc1OC(F)(F)F)C(=O)CCc1nc(-c2ccccn2)no1. The fourth-order valence-corrected chi connectivity index (χ4v) is 2.56. The van der Waals surface area contributed by atoms with Gasteiger partial charge in [-0.3, -0.25) is 9.78 Å². The lowest BCUT2D eigenvalue weighted by Crippen LogP contribution is -2.27. The quantitative estimate of drug-likeness (QED) is 0.596. The molecule has 0 spiro atoms. The first-order chi connectivity index (χ1) is 13.8. The molecule has 0 aliphatic rings. The van der Waals surface area contributed by atoms with Crippen LogP contribution in [0.2, 0.25) is 0 Å². The van der Waals surface area contributed by atoms with Gasteiger partial charge in [-0.05, 0) is 18.2 Å². The molecule has 0 aliphatic carbocycles. The van der Waals surface area contributed by atoms with Crippen molar-refractivity contribution in [2.45, 2.75) is 25.7 Å². The van der Waals surface area contributed by atoms with E-state index in [-0.39, 0.29) is 42.5 Å². The molecule has 29 heavy (non-hydrogen) atoms. The van der Waals surface area contributed by atoms with Crippen molar-refractivity contribution in [3.8, 4) is 17.3 Å². The molecule has 0 unspecified atom stereocenters. The number of halogens is 3. The van der Waals surface area contributed by atoms with Gasteiger partial charge in [0, 0.05) is 38.2 Å². The Kier molecular flexibility index (Phi) is 6.10. The standard InChI is InChI=1S/C19H17F3N4O3/c1-26(12-13-6-2-3-8-15(13)28-19(20,21)22)17(27)10-9-16-24-18(25-29-16)14-7-4-5-11-23-14/h2-8,11H,9-10,12H2,1H3. The van der Waals surface area contributed by atoms with Crippen molar-refractivity contribution in [3.63, 3.8) is 0 Å². The molecule has 3 aromatic rings. The third-order valence-electron chi connectivity index (χ3n) is 3.95. The van der Waals surface area contributed by atoms with Crippen LogP contribution in [0.3, 0.4) is 0 Å². The Morgan fingerprint density at radius 2 is 1.93 bits per heavy atom. The Bertz CT molecular complexity index is 961. The number of hydrogen-bond donors (Lipinski definition) is 0. The van der Waals surface area contributed by atoms with E-state index in [2.05, 4.69) is 19.9 Å². The highest BCUT2D eigenvalue weighted by molar-refractivity contribution is 5.76. The van der Waals surface area contributed by atoms with E-state index in [1.807, 2.05) is 0 Å². The summed E-state index contributed by atoms with van der Waals surface area (Å²) in [6.07, 6.45) is -2.95. The molecular weight excluding hydrogens is 389 g/mol. The zero-order valence-corrected chi connectivity index (χ0v) is 15.4. The Balaban J connectivity index is 1.57. The second-order valence-electron chi connectivity index (χ2n) is 6.13. The molecule has 0 radical (unpaired) electrons. The normalized spacial score (nSPS) is 11.3. The molecule has 0 atom stereocenters. The predicted octanol–water partition coefficient (Wildman–Crippen LogP) is 3.62. The van der Waals surface area contributed by atoms with E-state index in [9.17, 15) is 18.0 Å². The van der Waals surface area contributed by atoms with Gasteiger partial charge in [-0.1, -0.05) is 29.4 Å². The van der Waals surface area contributed by atoms with E-state index in [1.165, 1.54) is 30.1 Å². The van der Waals surface area contributed by atoms with E-state index in [0.717, 1.165) is 0 Å². The summed E-state index contributed by atoms with van der Waals surface area (Å²) in [4.78, 5) is 22.0. The predicted molar refractivity (Wildman–Crippen MR) is 95.4 cm³/mol. The summed E-state index contributed by atoms with van der Waals surface area (Å²) >= 11 is 0. The van der Waals surface area contributed by atoms with Gasteiger partial charge in [0.1, 0.15) is 11.4 Å². The van der Waals surface area contributed by atoms with Gasteiger partial charge in [-0.25, -0.2) is 0 Å². The van der Waals surface area contributed by atoms with Gasteiger partial charge in [-0.15, -0.1) is 13.2 Å². The number of hydrogen-bond acceptors (Lipinski definition) is 6. The fraction of sp³-hybridized carbons (Fsp3) is 0.263. The number of alkyl halides is 3. The van der Waals surface area contributed by atoms with Crippen molar-refractivity contribution in [3.05, 3.63) is 60.1 Å². The zero-order chi connectivity index (χ0) is 20.9. The molecule has 0 aliphatic heterocycles. The van der Waals surface area contributed by atoms with Gasteiger partial charge in [-0.2, -0.15) is 4.98 Å². The molecule has 0 bridgehead atoms. The van der Waals surface area contributed by atoms with Crippen molar-refractivity contribution in [1.29, 1.82) is 0 Å². The highest BCUT2D eigenvalue weighted by atomic mass is 19.4. The number of carbonyl (C=O) groups is 1. The second kappa shape index (κ2) is 8.72. The largest absolute Gasteiger partial charge is 0.573 e. The first-order valence-corrected chi connectivity index (χ1v) is 8.63. The number of amides is 1. The molecule has 0 saturated heterocycles. The Labute approximate surface area is 164 Å². The molecule has 0 fully saturated rings. The molecular formula is C19H17F3N4O3. The Hall–Kier alpha value is -3.43. The Morgan fingerprint density at radius 3 is 2.66 bits per heavy atom. The summed E-state index contributed by atoms with van der Waals surface area (Å²) in [5.74, 6) is -0.0335. The maximum atomic E-state index is 12.5. The lowest BCUT2D eigenvalue weighted by molar-refractivity contribution is -0.275. The number of aromatic nitrogens is 3. The van der Waals surface area contributed by atoms with E-state index >= 15 is 0 Å². The second-order valence-corrected chi connectivity index (χ2v) is 6.13. The van der Waals surface area contributed by atoms with E-state index < -0.39 is 6.36 Å². The van der Waals surface area contributed by atoms with Gasteiger partial charge < -0.3 is 14.2 Å². The lowest BCUT2D eigenvalue weighted by atomic mass is 10.2. The maximum Gasteiger partial charge on any atom is 0.573 e. The molecule has 2 heterocycles. The summed E-state index contributed by atoms with van der Waals surface area (Å²) < 4.78 is 46.7. The van der Waals surface area contributed by atoms with Gasteiger partial charge in [0.05, 0.1) is 0 Å². The monoisotopic (exact) mass is 406 g/mol. The van der Waals surface area contributed by atoms with Gasteiger partial charge in [0.2, 0.25) is 17.6 Å². The minimum atomic E-state index is -4.80. The number of rotatable bonds is 7. The molecule has 1 aromatic carbocycles. The van der Waals surface area contributed by atoms with Crippen LogP contribution < -0.4 is 4.74 Å². The fourth-order valence-electron chi connectivity index (χ4n) is 2.56. The summed E-state index contributed by atoms with van der Waals surface area (Å²) in [6, 6.07) is 11.0. The number of benzene rings is 1. The highest BCUT2D eigenvalue weighted by Crippen LogP contribution is 2.27. The van der Waals surface area contributed by atoms with Crippen LogP contribution in [0.5, 0.6) is 5.75 Å². The average Bonchev–Trinajstić information content (AvgIpc) is 3.16. The average molecular weight is 406 g/mol. The first kappa shape index (κ1) is 20.3. The van der Waals surface area contributed by atoms with E-state index in [4.69, 9.17) is 4.52 Å². The van der Waals surface area contributed by atoms with E-state index in [0.29, 0.717) is 11.5 Å². The van der Waals surface area contributed by atoms with Crippen molar-refractivity contribution in [2.75, 3.05) is 7.05 Å². The smallest absolute Gasteiger partial charge is 0.405 e. The minimum absolute atomic E-state index is 0.0336. The van der Waals surface area contributed by atoms with Crippen LogP contribution >= 0.6 is 0 Å². The summed E-state index contributed by atoms with van der Waals surface area (Å²) in [5, 5.41) is 3.83. The highest BCUT2D eigenvalue weighted by Gasteiger charge is 2.32. The molecule has 7 nitrogen and oxygen atoms in total. The number of nitrogens with zero attached hydrogens (tertiary/aromatic N) is 4. The number of pyridine rings is 1. The van der Waals surface area contributed by atoms with E-state index in [1.54, 1.807) is 30.5 Å². The number of para-hydroxylation sites is 1. The number of ether oxygens (including phenoxy) is 1. The summed E-state index contributed by atoms with van der Waals surface area (Å²) in [6.45, 7) is -0.0336. The van der Waals surface area contributed by atoms with Crippen LogP contribution in [-0.4, -0.2) is 39.3 Å². The van der Waals surface area contributed by atoms with Gasteiger partial charge >= 0.3 is 6.36 Å². The van der Waals surface area contributed by atoms with Crippen LogP contribution in [0.1, 0.15) is 17.9 Å². The molecule has 2 aromatic heterocycles. The van der Waals surface area contributed by atoms with Gasteiger partial charge in [0.15, 0.2) is 0 Å². The minimum Gasteiger partial charge on any atom is -0.405 e. The van der Waals surface area contributed by atoms with Crippen LogP contribution in [-0.2, 0) is 17.8 Å². The number of aryl methyl sites for hydroxylation is 1. The topological polar surface area (TPSA) is 81.4 Å². The maximum absolute atomic E-state index is 12.5. The molecule has 3 rings (SSSR count). The van der Waals surface area contributed by atoms with Crippen LogP contribution in [0, 0.1) is 0 Å². The lowest BCUT2D eigenvalue weighted by Gasteiger charge is -2.19. The summed E-state index contributed by atoms with van der Waals surface area (Å²) in [7, 11) is 1.50. The van der Waals surface area contributed by atoms with Crippen molar-refractivity contribution in [2.24, 2.45) is 0 Å². The van der Waals surface area contributed by atoms with Crippen LogP contribution in [0.15, 0.2) is 53.2 Å². The molecule has 0 saturated carbocycles. The first-order valence-electron chi connectivity index (χ1n) is 8.63. The summed E-state index contributed by atoms with van der Waals surface area (Å²) in [5.41, 5.74) is 0.795. The zero-order valence-electron chi connectivity index (χ0n) is 15.4. The van der Waals surface area contributed by atoms with Crippen LogP contribution in [0.25, 0.3) is 11.5 Å². The third-order valence-corrected chi connectivity index (χ3v) is 3.95. The number of carbonyl (C=O) groups excluding carboxylic acids is 1. The molecule has 0 N–H and O–H groups in total. The third kappa shape index (κ3) is 5.77. The molecule has 10 heteroatoms.